The fourth-order valence-corrected chi connectivity index (χ4v) is 4.95. The lowest BCUT2D eigenvalue weighted by atomic mass is 9.92. The van der Waals surface area contributed by atoms with Crippen LogP contribution in [0.5, 0.6) is 5.75 Å². The Labute approximate surface area is 193 Å². The van der Waals surface area contributed by atoms with Crippen molar-refractivity contribution in [2.24, 2.45) is 11.5 Å². The maximum absolute atomic E-state index is 13.8. The molecule has 7 N–H and O–H groups in total. The van der Waals surface area contributed by atoms with E-state index in [4.69, 9.17) is 11.5 Å². The standard InChI is InChI=1S/C23H34FN7O2/c1-22(2)12-27-7-8-31(22)21(33)29-9-10-30-18(20(26)28-13-23(30,3)14-29)11-17(25)15-5-4-6-16(24)19(15)32/h4-6,11,27-28,32H,7-10,12-14,25-26H2,1-3H3/b17-11-. The van der Waals surface area contributed by atoms with Crippen LogP contribution >= 0.6 is 0 Å². The lowest BCUT2D eigenvalue weighted by molar-refractivity contribution is 0.0205. The van der Waals surface area contributed by atoms with Gasteiger partial charge >= 0.3 is 6.03 Å². The molecule has 1 aromatic rings. The van der Waals surface area contributed by atoms with Gasteiger partial charge in [0.1, 0.15) is 5.82 Å². The second kappa shape index (κ2) is 8.33. The Balaban J connectivity index is 1.57. The van der Waals surface area contributed by atoms with Crippen LogP contribution in [0.4, 0.5) is 9.18 Å². The van der Waals surface area contributed by atoms with Crippen molar-refractivity contribution in [1.82, 2.24) is 25.3 Å². The van der Waals surface area contributed by atoms with E-state index in [2.05, 4.69) is 36.3 Å². The van der Waals surface area contributed by atoms with Gasteiger partial charge in [0.05, 0.1) is 16.8 Å². The van der Waals surface area contributed by atoms with Crippen LogP contribution < -0.4 is 22.1 Å². The molecule has 3 aliphatic rings. The van der Waals surface area contributed by atoms with Gasteiger partial charge in [0.15, 0.2) is 11.6 Å². The number of nitrogens with two attached hydrogens (primary N) is 2. The van der Waals surface area contributed by atoms with Crippen LogP contribution in [0.25, 0.3) is 5.70 Å². The molecule has 1 unspecified atom stereocenters. The summed E-state index contributed by atoms with van der Waals surface area (Å²) in [6.45, 7) is 10.7. The van der Waals surface area contributed by atoms with Gasteiger partial charge in [-0.2, -0.15) is 0 Å². The number of carbonyl (C=O) groups is 1. The Morgan fingerprint density at radius 3 is 2.70 bits per heavy atom. The first-order valence-electron chi connectivity index (χ1n) is 11.3. The summed E-state index contributed by atoms with van der Waals surface area (Å²) in [6.07, 6.45) is 1.66. The number of nitrogens with one attached hydrogen (secondary N) is 2. The van der Waals surface area contributed by atoms with Crippen LogP contribution in [-0.2, 0) is 0 Å². The van der Waals surface area contributed by atoms with Crippen molar-refractivity contribution in [3.63, 3.8) is 0 Å². The lowest BCUT2D eigenvalue weighted by Crippen LogP contribution is -2.70. The average Bonchev–Trinajstić information content (AvgIpc) is 2.76. The Bertz CT molecular complexity index is 1010. The minimum atomic E-state index is -0.736. The third-order valence-electron chi connectivity index (χ3n) is 6.89. The van der Waals surface area contributed by atoms with Gasteiger partial charge in [-0.3, -0.25) is 0 Å². The molecule has 180 valence electrons. The first-order chi connectivity index (χ1) is 15.5. The predicted molar refractivity (Wildman–Crippen MR) is 125 cm³/mol. The van der Waals surface area contributed by atoms with Gasteiger partial charge in [0, 0.05) is 57.1 Å². The van der Waals surface area contributed by atoms with Gasteiger partial charge in [-0.15, -0.1) is 0 Å². The van der Waals surface area contributed by atoms with E-state index in [0.717, 1.165) is 13.1 Å². The van der Waals surface area contributed by atoms with E-state index >= 15 is 0 Å². The predicted octanol–water partition coefficient (Wildman–Crippen LogP) is 0.742. The molecular formula is C23H34FN7O2. The second-order valence-electron chi connectivity index (χ2n) is 9.88. The van der Waals surface area contributed by atoms with Gasteiger partial charge in [0.2, 0.25) is 0 Å². The van der Waals surface area contributed by atoms with Crippen molar-refractivity contribution in [3.8, 4) is 5.75 Å². The number of para-hydroxylation sites is 1. The molecular weight excluding hydrogens is 425 g/mol. The zero-order chi connectivity index (χ0) is 24.0. The maximum Gasteiger partial charge on any atom is 0.320 e. The Hall–Kier alpha value is -3.14. The first kappa shape index (κ1) is 23.0. The summed E-state index contributed by atoms with van der Waals surface area (Å²) in [4.78, 5) is 19.4. The number of rotatable bonds is 2. The molecule has 2 saturated heterocycles. The minimum absolute atomic E-state index is 0.0474. The molecule has 33 heavy (non-hydrogen) atoms. The van der Waals surface area contributed by atoms with Crippen molar-refractivity contribution in [1.29, 1.82) is 0 Å². The molecule has 0 spiro atoms. The number of allylic oxidation sites excluding steroid dienone is 1. The van der Waals surface area contributed by atoms with Gasteiger partial charge in [-0.05, 0) is 39.0 Å². The number of piperazine rings is 2. The third kappa shape index (κ3) is 4.15. The zero-order valence-corrected chi connectivity index (χ0v) is 19.5. The molecule has 1 aromatic carbocycles. The number of amides is 2. The number of hydrogen-bond acceptors (Lipinski definition) is 7. The monoisotopic (exact) mass is 459 g/mol. The van der Waals surface area contributed by atoms with Gasteiger partial charge < -0.3 is 41.9 Å². The maximum atomic E-state index is 13.8. The normalized spacial score (nSPS) is 25.6. The minimum Gasteiger partial charge on any atom is -0.504 e. The highest BCUT2D eigenvalue weighted by atomic mass is 19.1. The number of carbonyl (C=O) groups excluding carboxylic acids is 1. The number of phenolic OH excluding ortho intramolecular Hbond substituents is 1. The highest BCUT2D eigenvalue weighted by Gasteiger charge is 2.45. The van der Waals surface area contributed by atoms with Gasteiger partial charge in [-0.1, -0.05) is 6.07 Å². The number of urea groups is 1. The summed E-state index contributed by atoms with van der Waals surface area (Å²) < 4.78 is 13.8. The quantitative estimate of drug-likeness (QED) is 0.442. The molecule has 3 heterocycles. The van der Waals surface area contributed by atoms with E-state index in [1.807, 2.05) is 9.80 Å². The molecule has 0 aromatic heterocycles. The van der Waals surface area contributed by atoms with E-state index < -0.39 is 17.1 Å². The topological polar surface area (TPSA) is 123 Å². The van der Waals surface area contributed by atoms with Crippen molar-refractivity contribution < 1.29 is 14.3 Å². The summed E-state index contributed by atoms with van der Waals surface area (Å²) >= 11 is 0. The smallest absolute Gasteiger partial charge is 0.320 e. The van der Waals surface area contributed by atoms with Gasteiger partial charge in [0.25, 0.3) is 0 Å². The fourth-order valence-electron chi connectivity index (χ4n) is 4.95. The van der Waals surface area contributed by atoms with E-state index in [1.165, 1.54) is 12.1 Å². The van der Waals surface area contributed by atoms with E-state index in [-0.39, 0.29) is 22.8 Å². The molecule has 2 fully saturated rings. The van der Waals surface area contributed by atoms with Crippen LogP contribution in [0, 0.1) is 5.82 Å². The van der Waals surface area contributed by atoms with Crippen molar-refractivity contribution in [2.45, 2.75) is 31.8 Å². The number of benzene rings is 1. The Morgan fingerprint density at radius 1 is 1.21 bits per heavy atom. The molecule has 0 aliphatic carbocycles. The SMILES string of the molecule is CC1(C)CNCCN1C(=O)N1CCN2C(/C=C(\N)c3cccc(F)c3O)=C(N)NCC2(C)C1. The molecule has 1 atom stereocenters. The molecule has 0 bridgehead atoms. The Morgan fingerprint density at radius 2 is 1.97 bits per heavy atom. The number of nitrogens with zero attached hydrogens (tertiary/aromatic N) is 3. The molecule has 9 nitrogen and oxygen atoms in total. The second-order valence-corrected chi connectivity index (χ2v) is 9.88. The fraction of sp³-hybridized carbons (Fsp3) is 0.522. The van der Waals surface area contributed by atoms with Crippen LogP contribution in [0.15, 0.2) is 35.8 Å². The number of aromatic hydroxyl groups is 1. The molecule has 10 heteroatoms. The van der Waals surface area contributed by atoms with Crippen molar-refractivity contribution in [3.05, 3.63) is 47.2 Å². The molecule has 0 radical (unpaired) electrons. The molecule has 0 saturated carbocycles. The lowest BCUT2D eigenvalue weighted by Gasteiger charge is -2.54. The molecule has 2 amide bonds. The summed E-state index contributed by atoms with van der Waals surface area (Å²) in [5.41, 5.74) is 12.9. The van der Waals surface area contributed by atoms with E-state index in [0.29, 0.717) is 44.2 Å². The number of phenols is 1. The highest BCUT2D eigenvalue weighted by molar-refractivity contribution is 5.76. The summed E-state index contributed by atoms with van der Waals surface area (Å²) in [5.74, 6) is -0.777. The number of halogens is 1. The average molecular weight is 460 g/mol. The summed E-state index contributed by atoms with van der Waals surface area (Å²) in [5, 5.41) is 16.7. The highest BCUT2D eigenvalue weighted by Crippen LogP contribution is 2.33. The Kier molecular flexibility index (Phi) is 5.81. The summed E-state index contributed by atoms with van der Waals surface area (Å²) in [7, 11) is 0. The van der Waals surface area contributed by atoms with Crippen LogP contribution in [0.2, 0.25) is 0 Å². The first-order valence-corrected chi connectivity index (χ1v) is 11.3. The third-order valence-corrected chi connectivity index (χ3v) is 6.89. The van der Waals surface area contributed by atoms with Crippen molar-refractivity contribution in [2.75, 3.05) is 45.8 Å². The molecule has 4 rings (SSSR count). The van der Waals surface area contributed by atoms with E-state index in [9.17, 15) is 14.3 Å². The zero-order valence-electron chi connectivity index (χ0n) is 19.5. The van der Waals surface area contributed by atoms with Crippen LogP contribution in [0.3, 0.4) is 0 Å². The number of fused-ring (bicyclic) bond motifs is 1. The molecule has 3 aliphatic heterocycles. The van der Waals surface area contributed by atoms with Crippen LogP contribution in [0.1, 0.15) is 26.3 Å². The number of hydrogen-bond donors (Lipinski definition) is 5. The van der Waals surface area contributed by atoms with Crippen LogP contribution in [-0.4, -0.2) is 82.7 Å². The van der Waals surface area contributed by atoms with E-state index in [1.54, 1.807) is 12.1 Å². The van der Waals surface area contributed by atoms with Gasteiger partial charge in [-0.25, -0.2) is 9.18 Å². The summed E-state index contributed by atoms with van der Waals surface area (Å²) in [6, 6.07) is 4.27. The van der Waals surface area contributed by atoms with Crippen molar-refractivity contribution >= 4 is 11.7 Å². The largest absolute Gasteiger partial charge is 0.504 e.